The molecule has 0 spiro atoms. The molecule has 0 bridgehead atoms. The van der Waals surface area contributed by atoms with Gasteiger partial charge in [-0.3, -0.25) is 9.69 Å². The Labute approximate surface area is 184 Å². The van der Waals surface area contributed by atoms with E-state index in [9.17, 15) is 4.79 Å². The van der Waals surface area contributed by atoms with Crippen LogP contribution in [0, 0.1) is 18.8 Å². The van der Waals surface area contributed by atoms with Crippen molar-refractivity contribution in [1.82, 2.24) is 15.2 Å². The first-order chi connectivity index (χ1) is 14.5. The van der Waals surface area contributed by atoms with E-state index in [-0.39, 0.29) is 11.8 Å². The Kier molecular flexibility index (Phi) is 6.79. The number of amides is 1. The molecular weight excluding hydrogens is 398 g/mol. The first-order valence-electron chi connectivity index (χ1n) is 11.2. The molecule has 1 amide bonds. The summed E-state index contributed by atoms with van der Waals surface area (Å²) in [4.78, 5) is 19.9. The van der Waals surface area contributed by atoms with Gasteiger partial charge in [0, 0.05) is 29.7 Å². The largest absolute Gasteiger partial charge is 0.441 e. The highest BCUT2D eigenvalue weighted by Gasteiger charge is 2.29. The van der Waals surface area contributed by atoms with Gasteiger partial charge in [0.05, 0.1) is 11.6 Å². The molecule has 2 heterocycles. The van der Waals surface area contributed by atoms with Gasteiger partial charge < -0.3 is 9.73 Å². The molecule has 2 fully saturated rings. The highest BCUT2D eigenvalue weighted by molar-refractivity contribution is 6.30. The molecule has 6 heteroatoms. The molecule has 162 valence electrons. The summed E-state index contributed by atoms with van der Waals surface area (Å²) in [6, 6.07) is 7.90. The van der Waals surface area contributed by atoms with Crippen molar-refractivity contribution >= 4 is 17.5 Å². The van der Waals surface area contributed by atoms with E-state index in [1.165, 1.54) is 12.8 Å². The van der Waals surface area contributed by atoms with Crippen molar-refractivity contribution in [2.75, 3.05) is 13.1 Å². The number of aromatic nitrogens is 1. The van der Waals surface area contributed by atoms with Gasteiger partial charge in [0.25, 0.3) is 0 Å². The fourth-order valence-electron chi connectivity index (χ4n) is 4.64. The van der Waals surface area contributed by atoms with Gasteiger partial charge in [-0.1, -0.05) is 18.5 Å². The van der Waals surface area contributed by atoms with Crippen LogP contribution in [0.5, 0.6) is 0 Å². The zero-order valence-electron chi connectivity index (χ0n) is 18.0. The van der Waals surface area contributed by atoms with Crippen LogP contribution >= 0.6 is 11.6 Å². The predicted octanol–water partition coefficient (Wildman–Crippen LogP) is 5.21. The number of nitrogens with one attached hydrogen (secondary N) is 1. The number of rotatable bonds is 5. The molecule has 1 aliphatic heterocycles. The lowest BCUT2D eigenvalue weighted by Crippen LogP contribution is -2.46. The molecule has 30 heavy (non-hydrogen) atoms. The van der Waals surface area contributed by atoms with Crippen molar-refractivity contribution in [2.24, 2.45) is 11.8 Å². The maximum absolute atomic E-state index is 12.8. The lowest BCUT2D eigenvalue weighted by Gasteiger charge is -2.33. The Morgan fingerprint density at radius 1 is 1.20 bits per heavy atom. The number of aryl methyl sites for hydroxylation is 1. The van der Waals surface area contributed by atoms with Crippen LogP contribution in [0.15, 0.2) is 28.7 Å². The van der Waals surface area contributed by atoms with Crippen molar-refractivity contribution in [1.29, 1.82) is 0 Å². The van der Waals surface area contributed by atoms with Crippen molar-refractivity contribution in [3.05, 3.63) is 40.7 Å². The number of likely N-dealkylation sites (tertiary alicyclic amines) is 1. The van der Waals surface area contributed by atoms with Gasteiger partial charge in [0.2, 0.25) is 11.8 Å². The summed E-state index contributed by atoms with van der Waals surface area (Å²) in [6.45, 7) is 6.76. The minimum atomic E-state index is 0.0704. The Morgan fingerprint density at radius 2 is 1.93 bits per heavy atom. The van der Waals surface area contributed by atoms with Crippen LogP contribution in [0.3, 0.4) is 0 Å². The Balaban J connectivity index is 1.35. The maximum Gasteiger partial charge on any atom is 0.226 e. The molecule has 1 aliphatic carbocycles. The van der Waals surface area contributed by atoms with Gasteiger partial charge in [0.15, 0.2) is 0 Å². The first-order valence-corrected chi connectivity index (χ1v) is 11.6. The van der Waals surface area contributed by atoms with Gasteiger partial charge in [-0.25, -0.2) is 4.98 Å². The summed E-state index contributed by atoms with van der Waals surface area (Å²) < 4.78 is 5.91. The van der Waals surface area contributed by atoms with Crippen LogP contribution in [0.1, 0.15) is 56.9 Å². The molecule has 1 aromatic heterocycles. The lowest BCUT2D eigenvalue weighted by molar-refractivity contribution is -0.127. The summed E-state index contributed by atoms with van der Waals surface area (Å²) >= 11 is 5.98. The smallest absolute Gasteiger partial charge is 0.226 e. The maximum atomic E-state index is 12.8. The fourth-order valence-corrected chi connectivity index (χ4v) is 4.77. The zero-order valence-corrected chi connectivity index (χ0v) is 18.8. The van der Waals surface area contributed by atoms with E-state index in [2.05, 4.69) is 17.1 Å². The summed E-state index contributed by atoms with van der Waals surface area (Å²) in [5, 5.41) is 4.02. The van der Waals surface area contributed by atoms with Crippen LogP contribution in [0.4, 0.5) is 0 Å². The van der Waals surface area contributed by atoms with Crippen LogP contribution < -0.4 is 5.32 Å². The molecule has 1 aromatic carbocycles. The second kappa shape index (κ2) is 9.52. The molecule has 1 saturated heterocycles. The van der Waals surface area contributed by atoms with Crippen molar-refractivity contribution in [2.45, 2.75) is 65.0 Å². The zero-order chi connectivity index (χ0) is 21.1. The number of carbonyl (C=O) groups is 1. The van der Waals surface area contributed by atoms with Crippen LogP contribution in [0.2, 0.25) is 5.02 Å². The number of oxazole rings is 1. The standard InChI is InChI=1S/C24H32ClN3O2/c1-16-5-11-21(12-6-16)26-23(29)19-4-3-13-28(14-19)15-22-17(2)30-24(27-22)18-7-9-20(25)10-8-18/h7-10,16,19,21H,3-6,11-15H2,1-2H3,(H,26,29)/t16?,19-,21?/m1/s1. The number of piperidine rings is 1. The average Bonchev–Trinajstić information content (AvgIpc) is 3.10. The molecule has 5 nitrogen and oxygen atoms in total. The average molecular weight is 430 g/mol. The van der Waals surface area contributed by atoms with E-state index in [4.69, 9.17) is 21.0 Å². The van der Waals surface area contributed by atoms with Crippen LogP contribution in [-0.2, 0) is 11.3 Å². The first kappa shape index (κ1) is 21.4. The third kappa shape index (κ3) is 5.25. The summed E-state index contributed by atoms with van der Waals surface area (Å²) in [7, 11) is 0. The van der Waals surface area contributed by atoms with Gasteiger partial charge in [-0.15, -0.1) is 0 Å². The van der Waals surface area contributed by atoms with Crippen LogP contribution in [0.25, 0.3) is 11.5 Å². The monoisotopic (exact) mass is 429 g/mol. The van der Waals surface area contributed by atoms with Crippen molar-refractivity contribution in [3.63, 3.8) is 0 Å². The van der Waals surface area contributed by atoms with E-state index in [0.717, 1.165) is 61.7 Å². The number of halogens is 1. The molecular formula is C24H32ClN3O2. The Morgan fingerprint density at radius 3 is 2.67 bits per heavy atom. The molecule has 1 N–H and O–H groups in total. The highest BCUT2D eigenvalue weighted by Crippen LogP contribution is 2.27. The molecule has 4 rings (SSSR count). The van der Waals surface area contributed by atoms with Gasteiger partial charge in [-0.2, -0.15) is 0 Å². The van der Waals surface area contributed by atoms with E-state index in [1.807, 2.05) is 31.2 Å². The third-order valence-electron chi connectivity index (χ3n) is 6.60. The summed E-state index contributed by atoms with van der Waals surface area (Å²) in [5.41, 5.74) is 1.87. The predicted molar refractivity (Wildman–Crippen MR) is 119 cm³/mol. The Bertz CT molecular complexity index is 856. The van der Waals surface area contributed by atoms with E-state index in [1.54, 1.807) is 0 Å². The molecule has 0 unspecified atom stereocenters. The van der Waals surface area contributed by atoms with E-state index < -0.39 is 0 Å². The second-order valence-electron chi connectivity index (χ2n) is 9.07. The SMILES string of the molecule is Cc1oc(-c2ccc(Cl)cc2)nc1CN1CCC[C@@H](C(=O)NC2CCC(C)CC2)C1. The molecule has 1 saturated carbocycles. The summed E-state index contributed by atoms with van der Waals surface area (Å²) in [6.07, 6.45) is 6.70. The highest BCUT2D eigenvalue weighted by atomic mass is 35.5. The van der Waals surface area contributed by atoms with Crippen molar-refractivity contribution in [3.8, 4) is 11.5 Å². The van der Waals surface area contributed by atoms with Crippen molar-refractivity contribution < 1.29 is 9.21 Å². The van der Waals surface area contributed by atoms with E-state index in [0.29, 0.717) is 23.5 Å². The molecule has 0 radical (unpaired) electrons. The van der Waals surface area contributed by atoms with Crippen LogP contribution in [-0.4, -0.2) is 34.9 Å². The lowest BCUT2D eigenvalue weighted by atomic mass is 9.87. The molecule has 1 atom stereocenters. The second-order valence-corrected chi connectivity index (χ2v) is 9.50. The minimum absolute atomic E-state index is 0.0704. The van der Waals surface area contributed by atoms with Gasteiger partial charge in [0.1, 0.15) is 5.76 Å². The minimum Gasteiger partial charge on any atom is -0.441 e. The quantitative estimate of drug-likeness (QED) is 0.708. The Hall–Kier alpha value is -1.85. The number of benzene rings is 1. The number of hydrogen-bond acceptors (Lipinski definition) is 4. The molecule has 2 aliphatic rings. The summed E-state index contributed by atoms with van der Waals surface area (Å²) in [5.74, 6) is 2.56. The number of nitrogens with zero attached hydrogens (tertiary/aromatic N) is 2. The number of carbonyl (C=O) groups excluding carboxylic acids is 1. The van der Waals surface area contributed by atoms with E-state index >= 15 is 0 Å². The normalized spacial score (nSPS) is 25.2. The number of hydrogen-bond donors (Lipinski definition) is 1. The van der Waals surface area contributed by atoms with Gasteiger partial charge in [-0.05, 0) is 82.2 Å². The topological polar surface area (TPSA) is 58.4 Å². The molecule has 2 aromatic rings. The van der Waals surface area contributed by atoms with Gasteiger partial charge >= 0.3 is 0 Å². The fraction of sp³-hybridized carbons (Fsp3) is 0.583. The third-order valence-corrected chi connectivity index (χ3v) is 6.85.